The van der Waals surface area contributed by atoms with E-state index in [4.69, 9.17) is 4.74 Å². The first-order chi connectivity index (χ1) is 10.3. The molecule has 2 saturated heterocycles. The normalized spacial score (nSPS) is 22.2. The first-order valence-electron chi connectivity index (χ1n) is 7.83. The lowest BCUT2D eigenvalue weighted by molar-refractivity contribution is 0.0351. The van der Waals surface area contributed by atoms with Gasteiger partial charge in [0, 0.05) is 52.5 Å². The molecule has 21 heavy (non-hydrogen) atoms. The number of aryl methyl sites for hydroxylation is 1. The fourth-order valence-corrected chi connectivity index (χ4v) is 3.28. The Morgan fingerprint density at radius 3 is 2.76 bits per heavy atom. The molecule has 1 aromatic heterocycles. The fourth-order valence-electron chi connectivity index (χ4n) is 3.28. The number of amides is 1. The molecule has 0 spiro atoms. The lowest BCUT2D eigenvalue weighted by Crippen LogP contribution is -2.42. The van der Waals surface area contributed by atoms with Crippen LogP contribution in [0.2, 0.25) is 0 Å². The van der Waals surface area contributed by atoms with Crippen molar-refractivity contribution in [3.8, 4) is 0 Å². The average molecular weight is 292 g/mol. The van der Waals surface area contributed by atoms with Crippen molar-refractivity contribution in [3.63, 3.8) is 0 Å². The predicted molar refractivity (Wildman–Crippen MR) is 79.1 cm³/mol. The highest BCUT2D eigenvalue weighted by atomic mass is 16.5. The molecule has 0 unspecified atom stereocenters. The van der Waals surface area contributed by atoms with Crippen molar-refractivity contribution in [3.05, 3.63) is 18.2 Å². The molecule has 6 heteroatoms. The Balaban J connectivity index is 1.60. The van der Waals surface area contributed by atoms with Crippen molar-refractivity contribution in [1.29, 1.82) is 0 Å². The van der Waals surface area contributed by atoms with Gasteiger partial charge in [-0.2, -0.15) is 0 Å². The van der Waals surface area contributed by atoms with E-state index in [1.807, 2.05) is 11.9 Å². The summed E-state index contributed by atoms with van der Waals surface area (Å²) in [4.78, 5) is 21.1. The van der Waals surface area contributed by atoms with E-state index in [9.17, 15) is 4.79 Å². The molecule has 2 aliphatic rings. The van der Waals surface area contributed by atoms with Crippen molar-refractivity contribution >= 4 is 5.91 Å². The monoisotopic (exact) mass is 292 g/mol. The third-order valence-electron chi connectivity index (χ3n) is 4.56. The van der Waals surface area contributed by atoms with Crippen LogP contribution in [0.1, 0.15) is 29.8 Å². The summed E-state index contributed by atoms with van der Waals surface area (Å²) in [7, 11) is 1.87. The van der Waals surface area contributed by atoms with E-state index < -0.39 is 0 Å². The van der Waals surface area contributed by atoms with Crippen molar-refractivity contribution in [2.24, 2.45) is 7.05 Å². The molecule has 0 atom stereocenters. The number of rotatable bonds is 2. The molecular formula is C15H24N4O2. The Bertz CT molecular complexity index is 482. The summed E-state index contributed by atoms with van der Waals surface area (Å²) in [6, 6.07) is 0.630. The van der Waals surface area contributed by atoms with Crippen LogP contribution in [0.15, 0.2) is 12.5 Å². The Labute approximate surface area is 125 Å². The highest BCUT2D eigenvalue weighted by Crippen LogP contribution is 2.17. The number of imidazole rings is 1. The minimum atomic E-state index is 0.101. The summed E-state index contributed by atoms with van der Waals surface area (Å²) in [5.74, 6) is 0.101. The quantitative estimate of drug-likeness (QED) is 0.807. The molecule has 1 amide bonds. The molecule has 0 N–H and O–H groups in total. The molecular weight excluding hydrogens is 268 g/mol. The highest BCUT2D eigenvalue weighted by Gasteiger charge is 2.26. The molecule has 0 radical (unpaired) electrons. The SMILES string of the molecule is Cn1cncc1C(=O)N1CCCN(C2CCOCC2)CC1. The van der Waals surface area contributed by atoms with Gasteiger partial charge >= 0.3 is 0 Å². The summed E-state index contributed by atoms with van der Waals surface area (Å²) in [6.45, 7) is 5.44. The van der Waals surface area contributed by atoms with Crippen molar-refractivity contribution < 1.29 is 9.53 Å². The summed E-state index contributed by atoms with van der Waals surface area (Å²) in [6.07, 6.45) is 6.62. The Hall–Kier alpha value is -1.40. The van der Waals surface area contributed by atoms with Crippen molar-refractivity contribution in [2.45, 2.75) is 25.3 Å². The van der Waals surface area contributed by atoms with Gasteiger partial charge in [-0.15, -0.1) is 0 Å². The van der Waals surface area contributed by atoms with Crippen LogP contribution in [0.3, 0.4) is 0 Å². The second-order valence-electron chi connectivity index (χ2n) is 5.92. The number of hydrogen-bond acceptors (Lipinski definition) is 4. The lowest BCUT2D eigenvalue weighted by Gasteiger charge is -2.33. The molecule has 0 saturated carbocycles. The first-order valence-corrected chi connectivity index (χ1v) is 7.83. The molecule has 2 fully saturated rings. The molecule has 3 heterocycles. The van der Waals surface area contributed by atoms with E-state index in [1.54, 1.807) is 17.1 Å². The maximum atomic E-state index is 12.5. The summed E-state index contributed by atoms with van der Waals surface area (Å²) >= 11 is 0. The number of aromatic nitrogens is 2. The Morgan fingerprint density at radius 1 is 1.24 bits per heavy atom. The number of ether oxygens (including phenoxy) is 1. The maximum Gasteiger partial charge on any atom is 0.272 e. The average Bonchev–Trinajstić information content (AvgIpc) is 2.80. The molecule has 6 nitrogen and oxygen atoms in total. The van der Waals surface area contributed by atoms with E-state index in [1.165, 1.54) is 0 Å². The van der Waals surface area contributed by atoms with Crippen LogP contribution >= 0.6 is 0 Å². The van der Waals surface area contributed by atoms with Gasteiger partial charge in [-0.05, 0) is 19.3 Å². The van der Waals surface area contributed by atoms with Crippen LogP contribution in [-0.4, -0.2) is 70.7 Å². The van der Waals surface area contributed by atoms with E-state index in [0.29, 0.717) is 11.7 Å². The zero-order chi connectivity index (χ0) is 14.7. The fraction of sp³-hybridized carbons (Fsp3) is 0.733. The number of carbonyl (C=O) groups is 1. The van der Waals surface area contributed by atoms with E-state index in [-0.39, 0.29) is 5.91 Å². The van der Waals surface area contributed by atoms with Gasteiger partial charge in [0.2, 0.25) is 0 Å². The van der Waals surface area contributed by atoms with Crippen LogP contribution in [0.5, 0.6) is 0 Å². The van der Waals surface area contributed by atoms with E-state index in [2.05, 4.69) is 9.88 Å². The van der Waals surface area contributed by atoms with Gasteiger partial charge in [0.05, 0.1) is 12.5 Å². The van der Waals surface area contributed by atoms with Crippen LogP contribution < -0.4 is 0 Å². The topological polar surface area (TPSA) is 50.6 Å². The summed E-state index contributed by atoms with van der Waals surface area (Å²) in [5.41, 5.74) is 0.675. The second-order valence-corrected chi connectivity index (χ2v) is 5.92. The zero-order valence-electron chi connectivity index (χ0n) is 12.7. The Kier molecular flexibility index (Phi) is 4.55. The van der Waals surface area contributed by atoms with Gasteiger partial charge in [0.15, 0.2) is 0 Å². The van der Waals surface area contributed by atoms with Crippen LogP contribution in [0.25, 0.3) is 0 Å². The molecule has 116 valence electrons. The highest BCUT2D eigenvalue weighted by molar-refractivity contribution is 5.92. The zero-order valence-corrected chi connectivity index (χ0v) is 12.7. The van der Waals surface area contributed by atoms with Gasteiger partial charge in [-0.1, -0.05) is 0 Å². The van der Waals surface area contributed by atoms with Gasteiger partial charge in [0.25, 0.3) is 5.91 Å². The van der Waals surface area contributed by atoms with E-state index in [0.717, 1.165) is 58.7 Å². The van der Waals surface area contributed by atoms with Gasteiger partial charge < -0.3 is 14.2 Å². The predicted octanol–water partition coefficient (Wildman–Crippen LogP) is 0.747. The molecule has 1 aromatic rings. The number of hydrogen-bond donors (Lipinski definition) is 0. The maximum absolute atomic E-state index is 12.5. The largest absolute Gasteiger partial charge is 0.381 e. The lowest BCUT2D eigenvalue weighted by atomic mass is 10.1. The molecule has 3 rings (SSSR count). The molecule has 2 aliphatic heterocycles. The third-order valence-corrected chi connectivity index (χ3v) is 4.56. The summed E-state index contributed by atoms with van der Waals surface area (Å²) < 4.78 is 7.24. The van der Waals surface area contributed by atoms with Crippen LogP contribution in [0, 0.1) is 0 Å². The number of nitrogens with zero attached hydrogens (tertiary/aromatic N) is 4. The van der Waals surface area contributed by atoms with Gasteiger partial charge in [-0.25, -0.2) is 4.98 Å². The van der Waals surface area contributed by atoms with Crippen LogP contribution in [-0.2, 0) is 11.8 Å². The van der Waals surface area contributed by atoms with Crippen molar-refractivity contribution in [2.75, 3.05) is 39.4 Å². The molecule has 0 bridgehead atoms. The first kappa shape index (κ1) is 14.5. The third kappa shape index (κ3) is 3.27. The minimum Gasteiger partial charge on any atom is -0.381 e. The second kappa shape index (κ2) is 6.58. The molecule has 0 aliphatic carbocycles. The van der Waals surface area contributed by atoms with Crippen molar-refractivity contribution in [1.82, 2.24) is 19.4 Å². The number of carbonyl (C=O) groups excluding carboxylic acids is 1. The van der Waals surface area contributed by atoms with Crippen LogP contribution in [0.4, 0.5) is 0 Å². The van der Waals surface area contributed by atoms with Gasteiger partial charge in [-0.3, -0.25) is 9.69 Å². The van der Waals surface area contributed by atoms with Gasteiger partial charge in [0.1, 0.15) is 5.69 Å². The standard InChI is InChI=1S/C15H24N4O2/c1-17-12-16-11-14(17)15(20)19-6-2-5-18(7-8-19)13-3-9-21-10-4-13/h11-13H,2-10H2,1H3. The van der Waals surface area contributed by atoms with E-state index >= 15 is 0 Å². The Morgan fingerprint density at radius 2 is 2.05 bits per heavy atom. The summed E-state index contributed by atoms with van der Waals surface area (Å²) in [5, 5.41) is 0. The smallest absolute Gasteiger partial charge is 0.272 e. The minimum absolute atomic E-state index is 0.101. The molecule has 0 aromatic carbocycles.